The summed E-state index contributed by atoms with van der Waals surface area (Å²) in [6, 6.07) is 20.2. The first-order valence-corrected chi connectivity index (χ1v) is 10.5. The molecule has 1 aromatic heterocycles. The number of aromatic nitrogens is 3. The van der Waals surface area contributed by atoms with Gasteiger partial charge in [0.25, 0.3) is 6.33 Å². The van der Waals surface area contributed by atoms with Gasteiger partial charge in [-0.25, -0.2) is 4.57 Å². The number of benzene rings is 2. The lowest BCUT2D eigenvalue weighted by molar-refractivity contribution is -0.699. The number of carbonyl (C=O) groups excluding carboxylic acids is 1. The molecule has 4 rings (SSSR count). The highest BCUT2D eigenvalue weighted by Gasteiger charge is 2.51. The molecule has 0 unspecified atom stereocenters. The largest absolute Gasteiger partial charge is 0.381 e. The van der Waals surface area contributed by atoms with Gasteiger partial charge in [0.05, 0.1) is 13.2 Å². The van der Waals surface area contributed by atoms with Gasteiger partial charge < -0.3 is 10.5 Å². The second-order valence-corrected chi connectivity index (χ2v) is 8.03. The summed E-state index contributed by atoms with van der Waals surface area (Å²) >= 11 is 0. The molecular weight excluding hydrogens is 376 g/mol. The van der Waals surface area contributed by atoms with Crippen molar-refractivity contribution >= 4 is 5.91 Å². The summed E-state index contributed by atoms with van der Waals surface area (Å²) in [6.45, 7) is 1.42. The Morgan fingerprint density at radius 2 is 1.77 bits per heavy atom. The maximum absolute atomic E-state index is 13.2. The fourth-order valence-electron chi connectivity index (χ4n) is 4.96. The van der Waals surface area contributed by atoms with Gasteiger partial charge in [-0.3, -0.25) is 4.79 Å². The molecule has 0 aliphatic heterocycles. The van der Waals surface area contributed by atoms with Crippen LogP contribution >= 0.6 is 0 Å². The van der Waals surface area contributed by atoms with E-state index >= 15 is 0 Å². The SMILES string of the molecule is COCC[n+]1cnn([C@H]2CC[C@@H](C(C(N)=O)(c3ccccc3)c3ccccc3)C2)c1. The maximum atomic E-state index is 13.2. The average Bonchev–Trinajstić information content (AvgIpc) is 3.44. The predicted octanol–water partition coefficient (Wildman–Crippen LogP) is 2.63. The van der Waals surface area contributed by atoms with Gasteiger partial charge in [-0.1, -0.05) is 60.7 Å². The molecule has 30 heavy (non-hydrogen) atoms. The number of ether oxygens (including phenoxy) is 1. The lowest BCUT2D eigenvalue weighted by atomic mass is 9.64. The van der Waals surface area contributed by atoms with Gasteiger partial charge in [-0.15, -0.1) is 4.68 Å². The molecule has 2 atom stereocenters. The highest BCUT2D eigenvalue weighted by molar-refractivity contribution is 5.91. The Labute approximate surface area is 177 Å². The van der Waals surface area contributed by atoms with Crippen LogP contribution in [0.3, 0.4) is 0 Å². The summed E-state index contributed by atoms with van der Waals surface area (Å²) in [5, 5.41) is 4.57. The molecule has 6 nitrogen and oxygen atoms in total. The number of primary amides is 1. The van der Waals surface area contributed by atoms with Gasteiger partial charge >= 0.3 is 0 Å². The number of rotatable bonds is 8. The van der Waals surface area contributed by atoms with Gasteiger partial charge in [0.15, 0.2) is 0 Å². The normalized spacial score (nSPS) is 19.1. The molecular formula is C24H29N4O2+. The predicted molar refractivity (Wildman–Crippen MR) is 114 cm³/mol. The van der Waals surface area contributed by atoms with Gasteiger partial charge in [-0.05, 0) is 36.3 Å². The van der Waals surface area contributed by atoms with Crippen molar-refractivity contribution in [1.82, 2.24) is 9.78 Å². The molecule has 1 heterocycles. The molecule has 0 saturated heterocycles. The average molecular weight is 406 g/mol. The van der Waals surface area contributed by atoms with Gasteiger partial charge in [-0.2, -0.15) is 0 Å². The molecule has 156 valence electrons. The minimum Gasteiger partial charge on any atom is -0.381 e. The smallest absolute Gasteiger partial charge is 0.265 e. The Hall–Kier alpha value is -2.99. The summed E-state index contributed by atoms with van der Waals surface area (Å²) in [7, 11) is 1.70. The Kier molecular flexibility index (Phi) is 5.95. The Morgan fingerprint density at radius 3 is 2.33 bits per heavy atom. The van der Waals surface area contributed by atoms with Crippen molar-refractivity contribution in [2.75, 3.05) is 13.7 Å². The number of nitrogens with zero attached hydrogens (tertiary/aromatic N) is 3. The summed E-state index contributed by atoms with van der Waals surface area (Å²) in [5.41, 5.74) is 7.25. The zero-order valence-electron chi connectivity index (χ0n) is 17.4. The Balaban J connectivity index is 1.69. The molecule has 1 saturated carbocycles. The number of hydrogen-bond acceptors (Lipinski definition) is 3. The van der Waals surface area contributed by atoms with Crippen LogP contribution in [0.4, 0.5) is 0 Å². The molecule has 0 spiro atoms. The lowest BCUT2D eigenvalue weighted by Crippen LogP contribution is -2.47. The number of nitrogens with two attached hydrogens (primary N) is 1. The summed E-state index contributed by atoms with van der Waals surface area (Å²) in [5.74, 6) is -0.192. The molecule has 0 radical (unpaired) electrons. The van der Waals surface area contributed by atoms with Crippen molar-refractivity contribution in [3.8, 4) is 0 Å². The monoisotopic (exact) mass is 405 g/mol. The van der Waals surface area contributed by atoms with E-state index in [0.29, 0.717) is 6.61 Å². The maximum Gasteiger partial charge on any atom is 0.265 e. The van der Waals surface area contributed by atoms with Crippen molar-refractivity contribution in [2.45, 2.75) is 37.3 Å². The van der Waals surface area contributed by atoms with E-state index < -0.39 is 5.41 Å². The van der Waals surface area contributed by atoms with Crippen LogP contribution < -0.4 is 10.3 Å². The molecule has 1 aliphatic carbocycles. The van der Waals surface area contributed by atoms with Gasteiger partial charge in [0, 0.05) is 12.2 Å². The number of hydrogen-bond donors (Lipinski definition) is 1. The van der Waals surface area contributed by atoms with Crippen LogP contribution in [0.1, 0.15) is 36.4 Å². The standard InChI is InChI=1S/C24H28N4O2/c1-30-15-14-27-17-26-28(18-27)22-13-12-21(16-22)24(23(25)29,19-8-4-2-5-9-19)20-10-6-3-7-11-20/h2-11,17-18,21-22H,12-16H2,1H3,(H-,25,29)/p+1/t21-,22+/m1/s1. The third kappa shape index (κ3) is 3.63. The quantitative estimate of drug-likeness (QED) is 0.586. The Bertz CT molecular complexity index is 932. The van der Waals surface area contributed by atoms with Crippen LogP contribution in [0.2, 0.25) is 0 Å². The molecule has 3 aromatic rings. The fourth-order valence-corrected chi connectivity index (χ4v) is 4.96. The van der Waals surface area contributed by atoms with E-state index in [1.807, 2.05) is 82.6 Å². The number of carbonyl (C=O) groups is 1. The van der Waals surface area contributed by atoms with Gasteiger partial charge in [0.1, 0.15) is 11.5 Å². The molecule has 1 aliphatic rings. The molecule has 6 heteroatoms. The minimum atomic E-state index is -0.851. The van der Waals surface area contributed by atoms with Crippen LogP contribution in [0.15, 0.2) is 73.3 Å². The van der Waals surface area contributed by atoms with Crippen molar-refractivity contribution in [2.24, 2.45) is 11.7 Å². The first-order valence-electron chi connectivity index (χ1n) is 10.5. The van der Waals surface area contributed by atoms with Crippen molar-refractivity contribution in [3.63, 3.8) is 0 Å². The molecule has 1 amide bonds. The Morgan fingerprint density at radius 1 is 1.13 bits per heavy atom. The van der Waals surface area contributed by atoms with Crippen LogP contribution in [-0.4, -0.2) is 29.4 Å². The van der Waals surface area contributed by atoms with E-state index in [-0.39, 0.29) is 17.9 Å². The van der Waals surface area contributed by atoms with E-state index in [0.717, 1.165) is 36.9 Å². The molecule has 0 bridgehead atoms. The second kappa shape index (κ2) is 8.79. The lowest BCUT2D eigenvalue weighted by Gasteiger charge is -2.37. The van der Waals surface area contributed by atoms with Crippen molar-refractivity contribution in [3.05, 3.63) is 84.4 Å². The van der Waals surface area contributed by atoms with E-state index in [1.165, 1.54) is 0 Å². The highest BCUT2D eigenvalue weighted by Crippen LogP contribution is 2.49. The molecule has 2 N–H and O–H groups in total. The first-order chi connectivity index (χ1) is 14.7. The fraction of sp³-hybridized carbons (Fsp3) is 0.375. The third-order valence-electron chi connectivity index (χ3n) is 6.39. The van der Waals surface area contributed by atoms with E-state index in [4.69, 9.17) is 10.5 Å². The summed E-state index contributed by atoms with van der Waals surface area (Å²) < 4.78 is 9.22. The zero-order valence-corrected chi connectivity index (χ0v) is 17.4. The van der Waals surface area contributed by atoms with Crippen LogP contribution in [0.5, 0.6) is 0 Å². The third-order valence-corrected chi connectivity index (χ3v) is 6.39. The molecule has 1 fully saturated rings. The number of amides is 1. The van der Waals surface area contributed by atoms with E-state index in [9.17, 15) is 4.79 Å². The highest BCUT2D eigenvalue weighted by atomic mass is 16.5. The van der Waals surface area contributed by atoms with Crippen LogP contribution in [0, 0.1) is 5.92 Å². The van der Waals surface area contributed by atoms with Crippen LogP contribution in [-0.2, 0) is 21.5 Å². The zero-order chi connectivity index (χ0) is 21.0. The summed E-state index contributed by atoms with van der Waals surface area (Å²) in [4.78, 5) is 13.2. The van der Waals surface area contributed by atoms with E-state index in [1.54, 1.807) is 7.11 Å². The van der Waals surface area contributed by atoms with Crippen molar-refractivity contribution < 1.29 is 14.1 Å². The first kappa shape index (κ1) is 20.3. The van der Waals surface area contributed by atoms with Crippen molar-refractivity contribution in [1.29, 1.82) is 0 Å². The van der Waals surface area contributed by atoms with E-state index in [2.05, 4.69) is 5.10 Å². The second-order valence-electron chi connectivity index (χ2n) is 8.03. The van der Waals surface area contributed by atoms with Gasteiger partial charge in [0.2, 0.25) is 12.2 Å². The summed E-state index contributed by atoms with van der Waals surface area (Å²) in [6.07, 6.45) is 6.59. The topological polar surface area (TPSA) is 74.0 Å². The molecule has 2 aromatic carbocycles. The minimum absolute atomic E-state index is 0.0985. The number of methoxy groups -OCH3 is 1. The van der Waals surface area contributed by atoms with Crippen LogP contribution in [0.25, 0.3) is 0 Å².